The minimum absolute atomic E-state index is 0.0170. The number of halogens is 5. The Morgan fingerprint density at radius 3 is 2.56 bits per heavy atom. The second kappa shape index (κ2) is 11.3. The van der Waals surface area contributed by atoms with Gasteiger partial charge in [-0.05, 0) is 81.7 Å². The Kier molecular flexibility index (Phi) is 8.38. The summed E-state index contributed by atoms with van der Waals surface area (Å²) in [6.07, 6.45) is 0.520. The smallest absolute Gasteiger partial charge is 0.370 e. The van der Waals surface area contributed by atoms with Crippen LogP contribution < -0.4 is 9.62 Å². The van der Waals surface area contributed by atoms with E-state index in [2.05, 4.69) is 19.6 Å². The molecule has 7 nitrogen and oxygen atoms in total. The Balaban J connectivity index is 1.53. The van der Waals surface area contributed by atoms with Gasteiger partial charge in [0.1, 0.15) is 22.9 Å². The molecule has 1 aromatic heterocycles. The number of nitrogens with one attached hydrogen (secondary N) is 1. The number of likely N-dealkylation sites (N-methyl/N-ethyl adjacent to an activating group) is 1. The van der Waals surface area contributed by atoms with Crippen LogP contribution in [-0.4, -0.2) is 56.0 Å². The molecule has 1 aliphatic heterocycles. The van der Waals surface area contributed by atoms with Gasteiger partial charge in [-0.1, -0.05) is 17.7 Å². The predicted octanol–water partition coefficient (Wildman–Crippen LogP) is 5.62. The van der Waals surface area contributed by atoms with E-state index in [-0.39, 0.29) is 10.8 Å². The highest BCUT2D eigenvalue weighted by molar-refractivity contribution is 7.92. The number of aryl methyl sites for hydroxylation is 1. The molecule has 1 saturated heterocycles. The summed E-state index contributed by atoms with van der Waals surface area (Å²) in [6.45, 7) is 1.11. The van der Waals surface area contributed by atoms with Crippen LogP contribution in [0.25, 0.3) is 0 Å². The van der Waals surface area contributed by atoms with E-state index in [1.165, 1.54) is 36.8 Å². The molecular formula is C26H28ClF4N5O2S. The molecule has 1 N–H and O–H groups in total. The highest BCUT2D eigenvalue weighted by Gasteiger charge is 2.38. The molecule has 1 atom stereocenters. The summed E-state index contributed by atoms with van der Waals surface area (Å²) < 4.78 is 82.8. The maximum absolute atomic E-state index is 15.1. The van der Waals surface area contributed by atoms with Crippen LogP contribution in [0, 0.1) is 5.82 Å². The van der Waals surface area contributed by atoms with Crippen molar-refractivity contribution in [3.05, 3.63) is 77.0 Å². The average Bonchev–Trinajstić information content (AvgIpc) is 2.87. The van der Waals surface area contributed by atoms with Gasteiger partial charge < -0.3 is 9.80 Å². The first-order valence-electron chi connectivity index (χ1n) is 12.2. The second-order valence-corrected chi connectivity index (χ2v) is 11.8. The number of rotatable bonds is 8. The number of anilines is 2. The van der Waals surface area contributed by atoms with E-state index < -0.39 is 38.0 Å². The van der Waals surface area contributed by atoms with E-state index in [0.29, 0.717) is 37.2 Å². The van der Waals surface area contributed by atoms with Crippen LogP contribution in [0.4, 0.5) is 29.1 Å². The molecule has 1 unspecified atom stereocenters. The highest BCUT2D eigenvalue weighted by Crippen LogP contribution is 2.37. The van der Waals surface area contributed by atoms with Crippen molar-refractivity contribution in [3.63, 3.8) is 0 Å². The van der Waals surface area contributed by atoms with Crippen molar-refractivity contribution >= 4 is 33.1 Å². The van der Waals surface area contributed by atoms with Crippen LogP contribution in [0.5, 0.6) is 0 Å². The third kappa shape index (κ3) is 6.62. The van der Waals surface area contributed by atoms with Crippen molar-refractivity contribution in [2.24, 2.45) is 0 Å². The minimum Gasteiger partial charge on any atom is -0.370 e. The van der Waals surface area contributed by atoms with Gasteiger partial charge in [0.2, 0.25) is 0 Å². The molecule has 2 aromatic carbocycles. The molecule has 0 saturated carbocycles. The molecule has 3 aromatic rings. The van der Waals surface area contributed by atoms with Crippen molar-refractivity contribution in [1.29, 1.82) is 0 Å². The monoisotopic (exact) mass is 585 g/mol. The maximum atomic E-state index is 15.1. The predicted molar refractivity (Wildman–Crippen MR) is 142 cm³/mol. The lowest BCUT2D eigenvalue weighted by atomic mass is 9.82. The summed E-state index contributed by atoms with van der Waals surface area (Å²) in [7, 11) is -0.379. The Bertz CT molecular complexity index is 1420. The lowest BCUT2D eigenvalue weighted by Crippen LogP contribution is -2.56. The first-order chi connectivity index (χ1) is 18.3. The van der Waals surface area contributed by atoms with E-state index >= 15 is 4.39 Å². The highest BCUT2D eigenvalue weighted by atomic mass is 35.5. The van der Waals surface area contributed by atoms with E-state index in [1.807, 2.05) is 19.0 Å². The van der Waals surface area contributed by atoms with Gasteiger partial charge >= 0.3 is 6.18 Å². The van der Waals surface area contributed by atoms with Crippen LogP contribution in [0.15, 0.2) is 59.9 Å². The Hall–Kier alpha value is -2.96. The number of sulfonamides is 1. The van der Waals surface area contributed by atoms with Gasteiger partial charge in [0.05, 0.1) is 10.6 Å². The number of aromatic nitrogens is 2. The maximum Gasteiger partial charge on any atom is 0.417 e. The van der Waals surface area contributed by atoms with Crippen molar-refractivity contribution in [3.8, 4) is 0 Å². The molecule has 4 rings (SSSR count). The van der Waals surface area contributed by atoms with Crippen LogP contribution in [0.3, 0.4) is 0 Å². The van der Waals surface area contributed by atoms with Crippen molar-refractivity contribution in [2.45, 2.75) is 42.3 Å². The molecule has 0 spiro atoms. The summed E-state index contributed by atoms with van der Waals surface area (Å²) >= 11 is 5.77. The van der Waals surface area contributed by atoms with Gasteiger partial charge in [0, 0.05) is 30.5 Å². The van der Waals surface area contributed by atoms with E-state index in [9.17, 15) is 21.6 Å². The van der Waals surface area contributed by atoms with Gasteiger partial charge in [0.15, 0.2) is 0 Å². The topological polar surface area (TPSA) is 78.4 Å². The summed E-state index contributed by atoms with van der Waals surface area (Å²) in [5.74, 6) is -0.890. The molecule has 210 valence electrons. The van der Waals surface area contributed by atoms with Gasteiger partial charge in [-0.15, -0.1) is 0 Å². The lowest BCUT2D eigenvalue weighted by molar-refractivity contribution is -0.137. The molecule has 1 aliphatic rings. The first kappa shape index (κ1) is 29.0. The van der Waals surface area contributed by atoms with Gasteiger partial charge in [0.25, 0.3) is 10.0 Å². The number of piperidine rings is 1. The molecule has 0 bridgehead atoms. The molecule has 2 heterocycles. The lowest BCUT2D eigenvalue weighted by Gasteiger charge is -2.48. The second-order valence-electron chi connectivity index (χ2n) is 9.77. The van der Waals surface area contributed by atoms with Crippen molar-refractivity contribution in [2.75, 3.05) is 36.8 Å². The zero-order valence-electron chi connectivity index (χ0n) is 21.3. The van der Waals surface area contributed by atoms with Crippen LogP contribution in [0.1, 0.15) is 30.4 Å². The molecule has 0 amide bonds. The Morgan fingerprint density at radius 1 is 1.15 bits per heavy atom. The molecule has 13 heteroatoms. The largest absolute Gasteiger partial charge is 0.417 e. The van der Waals surface area contributed by atoms with Gasteiger partial charge in [-0.3, -0.25) is 4.72 Å². The quantitative estimate of drug-likeness (QED) is 0.346. The molecular weight excluding hydrogens is 558 g/mol. The fourth-order valence-electron chi connectivity index (χ4n) is 4.90. The summed E-state index contributed by atoms with van der Waals surface area (Å²) in [4.78, 5) is 11.0. The van der Waals surface area contributed by atoms with Gasteiger partial charge in [-0.2, -0.15) is 13.2 Å². The number of nitrogens with zero attached hydrogens (tertiary/aromatic N) is 4. The average molecular weight is 586 g/mol. The zero-order chi connectivity index (χ0) is 28.4. The first-order valence-corrected chi connectivity index (χ1v) is 14.0. The fourth-order valence-corrected chi connectivity index (χ4v) is 6.19. The van der Waals surface area contributed by atoms with Crippen molar-refractivity contribution < 1.29 is 26.0 Å². The SMILES string of the molecule is CN(C)C1(CCc2ccc(Cl)c(C(F)(F)F)c2)CCCN(c2ccc(S(=O)(=O)Nc3ccncn3)c(F)c2)C1. The number of hydrogen-bond acceptors (Lipinski definition) is 6. The van der Waals surface area contributed by atoms with E-state index in [0.717, 1.165) is 18.9 Å². The summed E-state index contributed by atoms with van der Waals surface area (Å²) in [5.41, 5.74) is -0.204. The standard InChI is InChI=1S/C26H28ClF4N5O2S/c1-35(2)25(11-8-18-4-6-21(27)20(14-18)26(29,30)31)10-3-13-36(16-25)19-5-7-23(22(28)15-19)39(37,38)34-24-9-12-32-17-33-24/h4-7,9,12,14-15,17H,3,8,10-11,13,16H2,1-2H3,(H,32,33,34). The summed E-state index contributed by atoms with van der Waals surface area (Å²) in [6, 6.07) is 9.28. The number of alkyl halides is 3. The number of benzene rings is 2. The Morgan fingerprint density at radius 2 is 1.92 bits per heavy atom. The summed E-state index contributed by atoms with van der Waals surface area (Å²) in [5, 5.41) is -0.336. The van der Waals surface area contributed by atoms with E-state index in [1.54, 1.807) is 12.1 Å². The molecule has 1 fully saturated rings. The van der Waals surface area contributed by atoms with E-state index in [4.69, 9.17) is 11.6 Å². The third-order valence-corrected chi connectivity index (χ3v) is 8.83. The van der Waals surface area contributed by atoms with Crippen LogP contribution in [-0.2, 0) is 22.6 Å². The van der Waals surface area contributed by atoms with Crippen LogP contribution in [0.2, 0.25) is 5.02 Å². The zero-order valence-corrected chi connectivity index (χ0v) is 22.9. The van der Waals surface area contributed by atoms with Crippen LogP contribution >= 0.6 is 11.6 Å². The third-order valence-electron chi connectivity index (χ3n) is 7.11. The van der Waals surface area contributed by atoms with Crippen molar-refractivity contribution in [1.82, 2.24) is 14.9 Å². The molecule has 0 aliphatic carbocycles. The number of hydrogen-bond donors (Lipinski definition) is 1. The minimum atomic E-state index is -4.54. The molecule has 0 radical (unpaired) electrons. The Labute approximate surface area is 229 Å². The van der Waals surface area contributed by atoms with Gasteiger partial charge in [-0.25, -0.2) is 22.8 Å². The molecule has 39 heavy (non-hydrogen) atoms. The fraction of sp³-hybridized carbons (Fsp3) is 0.385. The normalized spacial score (nSPS) is 18.4.